The van der Waals surface area contributed by atoms with Crippen LogP contribution in [0.3, 0.4) is 0 Å². The van der Waals surface area contributed by atoms with Crippen LogP contribution in [0.5, 0.6) is 5.75 Å². The highest BCUT2D eigenvalue weighted by Crippen LogP contribution is 2.29. The standard InChI is InChI=1S/C28H31F3N2O4/c1-3-33(27(34)35-4-2)18-6-5-7-21-10-15-25(16-11-21)36-19-24-20-37-26(32-24)17-12-22-8-13-23(14-9-22)28(29,30)31/h8-17,20H,3-7,18-19H2,1-2H3/b17-12+. The van der Waals surface area contributed by atoms with Crippen LogP contribution in [-0.2, 0) is 23.9 Å². The number of oxazole rings is 1. The zero-order valence-electron chi connectivity index (χ0n) is 21.0. The minimum atomic E-state index is -4.36. The number of aromatic nitrogens is 1. The third kappa shape index (κ3) is 9.00. The van der Waals surface area contributed by atoms with E-state index in [4.69, 9.17) is 13.9 Å². The predicted molar refractivity (Wildman–Crippen MR) is 135 cm³/mol. The average molecular weight is 517 g/mol. The van der Waals surface area contributed by atoms with Crippen LogP contribution in [-0.4, -0.2) is 35.7 Å². The summed E-state index contributed by atoms with van der Waals surface area (Å²) >= 11 is 0. The lowest BCUT2D eigenvalue weighted by atomic mass is 10.1. The number of amides is 1. The molecule has 0 N–H and O–H groups in total. The number of carbonyl (C=O) groups is 1. The van der Waals surface area contributed by atoms with Crippen LogP contribution in [0.4, 0.5) is 18.0 Å². The van der Waals surface area contributed by atoms with Crippen molar-refractivity contribution in [2.75, 3.05) is 19.7 Å². The molecule has 0 aliphatic rings. The van der Waals surface area contributed by atoms with Gasteiger partial charge in [0.15, 0.2) is 0 Å². The molecule has 0 atom stereocenters. The average Bonchev–Trinajstić information content (AvgIpc) is 3.34. The van der Waals surface area contributed by atoms with Crippen LogP contribution in [0, 0.1) is 0 Å². The van der Waals surface area contributed by atoms with Crippen molar-refractivity contribution in [1.29, 1.82) is 0 Å². The number of hydrogen-bond donors (Lipinski definition) is 0. The summed E-state index contributed by atoms with van der Waals surface area (Å²) < 4.78 is 54.2. The van der Waals surface area contributed by atoms with Crippen LogP contribution < -0.4 is 4.74 Å². The van der Waals surface area contributed by atoms with Gasteiger partial charge in [-0.3, -0.25) is 0 Å². The van der Waals surface area contributed by atoms with E-state index in [1.807, 2.05) is 31.2 Å². The van der Waals surface area contributed by atoms with Gasteiger partial charge >= 0.3 is 12.3 Å². The van der Waals surface area contributed by atoms with Crippen molar-refractivity contribution in [2.45, 2.75) is 45.9 Å². The highest BCUT2D eigenvalue weighted by molar-refractivity contribution is 5.67. The minimum Gasteiger partial charge on any atom is -0.487 e. The third-order valence-corrected chi connectivity index (χ3v) is 5.59. The van der Waals surface area contributed by atoms with E-state index < -0.39 is 11.7 Å². The highest BCUT2D eigenvalue weighted by atomic mass is 19.4. The first-order valence-electron chi connectivity index (χ1n) is 12.2. The summed E-state index contributed by atoms with van der Waals surface area (Å²) in [6.07, 6.45) is 2.84. The van der Waals surface area contributed by atoms with E-state index in [0.29, 0.717) is 42.6 Å². The fraction of sp³-hybridized carbons (Fsp3) is 0.357. The molecule has 0 fully saturated rings. The molecular weight excluding hydrogens is 485 g/mol. The van der Waals surface area contributed by atoms with E-state index in [0.717, 1.165) is 31.4 Å². The maximum Gasteiger partial charge on any atom is 0.416 e. The topological polar surface area (TPSA) is 64.8 Å². The fourth-order valence-electron chi connectivity index (χ4n) is 3.55. The molecule has 0 unspecified atom stereocenters. The number of alkyl halides is 3. The van der Waals surface area contributed by atoms with Gasteiger partial charge < -0.3 is 18.8 Å². The summed E-state index contributed by atoms with van der Waals surface area (Å²) in [6.45, 7) is 5.65. The molecule has 0 spiro atoms. The summed E-state index contributed by atoms with van der Waals surface area (Å²) in [5.41, 5.74) is 1.69. The Morgan fingerprint density at radius 2 is 1.76 bits per heavy atom. The van der Waals surface area contributed by atoms with Crippen molar-refractivity contribution < 1.29 is 31.9 Å². The van der Waals surface area contributed by atoms with Crippen molar-refractivity contribution in [2.24, 2.45) is 0 Å². The molecule has 1 amide bonds. The van der Waals surface area contributed by atoms with Crippen molar-refractivity contribution in [3.63, 3.8) is 0 Å². The van der Waals surface area contributed by atoms with Gasteiger partial charge in [-0.05, 0) is 74.6 Å². The second-order valence-corrected chi connectivity index (χ2v) is 8.30. The lowest BCUT2D eigenvalue weighted by Crippen LogP contribution is -2.32. The van der Waals surface area contributed by atoms with E-state index >= 15 is 0 Å². The van der Waals surface area contributed by atoms with Gasteiger partial charge in [-0.25, -0.2) is 9.78 Å². The number of rotatable bonds is 12. The molecule has 0 aliphatic heterocycles. The van der Waals surface area contributed by atoms with Crippen molar-refractivity contribution >= 4 is 18.2 Å². The van der Waals surface area contributed by atoms with Gasteiger partial charge in [0.1, 0.15) is 24.3 Å². The molecule has 3 aromatic rings. The molecule has 0 saturated carbocycles. The Hall–Kier alpha value is -3.75. The molecule has 198 valence electrons. The van der Waals surface area contributed by atoms with Crippen LogP contribution in [0.1, 0.15) is 55.0 Å². The predicted octanol–water partition coefficient (Wildman–Crippen LogP) is 7.24. The monoisotopic (exact) mass is 516 g/mol. The summed E-state index contributed by atoms with van der Waals surface area (Å²) in [5.74, 6) is 1.03. The number of unbranched alkanes of at least 4 members (excludes halogenated alkanes) is 1. The molecule has 6 nitrogen and oxygen atoms in total. The Bertz CT molecular complexity index is 1140. The lowest BCUT2D eigenvalue weighted by Gasteiger charge is -2.19. The molecule has 0 aliphatic carbocycles. The van der Waals surface area contributed by atoms with Crippen LogP contribution in [0.15, 0.2) is 59.2 Å². The summed E-state index contributed by atoms with van der Waals surface area (Å²) in [5, 5.41) is 0. The molecule has 37 heavy (non-hydrogen) atoms. The largest absolute Gasteiger partial charge is 0.487 e. The van der Waals surface area contributed by atoms with Crippen LogP contribution in [0.2, 0.25) is 0 Å². The number of benzene rings is 2. The van der Waals surface area contributed by atoms with E-state index in [1.54, 1.807) is 24.0 Å². The van der Waals surface area contributed by atoms with E-state index in [-0.39, 0.29) is 12.7 Å². The van der Waals surface area contributed by atoms with E-state index in [1.165, 1.54) is 24.0 Å². The van der Waals surface area contributed by atoms with Gasteiger partial charge in [0, 0.05) is 19.2 Å². The first-order chi connectivity index (χ1) is 17.8. The number of hydrogen-bond acceptors (Lipinski definition) is 5. The van der Waals surface area contributed by atoms with Gasteiger partial charge in [-0.2, -0.15) is 13.2 Å². The van der Waals surface area contributed by atoms with Gasteiger partial charge in [0.2, 0.25) is 5.89 Å². The van der Waals surface area contributed by atoms with Crippen molar-refractivity contribution in [1.82, 2.24) is 9.88 Å². The highest BCUT2D eigenvalue weighted by Gasteiger charge is 2.29. The second kappa shape index (κ2) is 13.5. The quantitative estimate of drug-likeness (QED) is 0.237. The molecule has 1 heterocycles. The Kier molecular flexibility index (Phi) is 10.2. The Morgan fingerprint density at radius 3 is 2.41 bits per heavy atom. The van der Waals surface area contributed by atoms with E-state index in [9.17, 15) is 18.0 Å². The summed E-state index contributed by atoms with van der Waals surface area (Å²) in [6, 6.07) is 12.7. The molecule has 3 rings (SSSR count). The second-order valence-electron chi connectivity index (χ2n) is 8.30. The van der Waals surface area contributed by atoms with Crippen LogP contribution >= 0.6 is 0 Å². The number of carbonyl (C=O) groups excluding carboxylic acids is 1. The van der Waals surface area contributed by atoms with Crippen LogP contribution in [0.25, 0.3) is 12.2 Å². The van der Waals surface area contributed by atoms with Crippen molar-refractivity contribution in [3.05, 3.63) is 83.1 Å². The number of aryl methyl sites for hydroxylation is 1. The normalized spacial score (nSPS) is 11.6. The fourth-order valence-corrected chi connectivity index (χ4v) is 3.55. The number of ether oxygens (including phenoxy) is 2. The minimum absolute atomic E-state index is 0.220. The first kappa shape index (κ1) is 27.8. The molecule has 0 bridgehead atoms. The molecule has 1 aromatic heterocycles. The summed E-state index contributed by atoms with van der Waals surface area (Å²) in [4.78, 5) is 17.8. The molecule has 2 aromatic carbocycles. The first-order valence-corrected chi connectivity index (χ1v) is 12.2. The van der Waals surface area contributed by atoms with Gasteiger partial charge in [-0.15, -0.1) is 0 Å². The SMILES string of the molecule is CCOC(=O)N(CC)CCCCc1ccc(OCc2coc(/C=C/c3ccc(C(F)(F)F)cc3)n2)cc1. The Balaban J connectivity index is 1.41. The molecule has 0 radical (unpaired) electrons. The smallest absolute Gasteiger partial charge is 0.416 e. The molecule has 9 heteroatoms. The summed E-state index contributed by atoms with van der Waals surface area (Å²) in [7, 11) is 0. The molecular formula is C28H31F3N2O4. The number of halogens is 3. The van der Waals surface area contributed by atoms with Crippen molar-refractivity contribution in [3.8, 4) is 5.75 Å². The zero-order valence-corrected chi connectivity index (χ0v) is 21.0. The zero-order chi connectivity index (χ0) is 26.7. The maximum atomic E-state index is 12.7. The van der Waals surface area contributed by atoms with E-state index in [2.05, 4.69) is 4.98 Å². The lowest BCUT2D eigenvalue weighted by molar-refractivity contribution is -0.137. The molecule has 0 saturated heterocycles. The maximum absolute atomic E-state index is 12.7. The van der Waals surface area contributed by atoms with Gasteiger partial charge in [-0.1, -0.05) is 24.3 Å². The Labute approximate surface area is 214 Å². The van der Waals surface area contributed by atoms with Gasteiger partial charge in [0.25, 0.3) is 0 Å². The third-order valence-electron chi connectivity index (χ3n) is 5.59. The number of nitrogens with zero attached hydrogens (tertiary/aromatic N) is 2. The Morgan fingerprint density at radius 1 is 1.03 bits per heavy atom. The van der Waals surface area contributed by atoms with Gasteiger partial charge in [0.05, 0.1) is 12.2 Å².